The highest BCUT2D eigenvalue weighted by atomic mass is 32.2. The molecule has 1 unspecified atom stereocenters. The van der Waals surface area contributed by atoms with Gasteiger partial charge in [0.05, 0.1) is 0 Å². The zero-order valence-electron chi connectivity index (χ0n) is 14.2. The van der Waals surface area contributed by atoms with Crippen LogP contribution in [0.25, 0.3) is 0 Å². The number of anilines is 1. The van der Waals surface area contributed by atoms with Gasteiger partial charge in [0.2, 0.25) is 0 Å². The molecule has 0 aliphatic heterocycles. The number of aliphatic carboxylic acids is 1. The molecule has 0 amide bonds. The SMILES string of the molecule is C=CSC(=C)CC(C=O)(C(=O)O)c1cccnc1N(C)CCCC. The Bertz CT molecular complexity index is 618. The Labute approximate surface area is 147 Å². The third-order valence-electron chi connectivity index (χ3n) is 3.78. The molecule has 1 rings (SSSR count). The van der Waals surface area contributed by atoms with E-state index in [0.717, 1.165) is 19.4 Å². The van der Waals surface area contributed by atoms with Crippen molar-refractivity contribution in [3.8, 4) is 0 Å². The predicted molar refractivity (Wildman–Crippen MR) is 99.3 cm³/mol. The Morgan fingerprint density at radius 1 is 1.54 bits per heavy atom. The van der Waals surface area contributed by atoms with Gasteiger partial charge < -0.3 is 14.8 Å². The second kappa shape index (κ2) is 9.27. The van der Waals surface area contributed by atoms with Gasteiger partial charge in [0.25, 0.3) is 0 Å². The summed E-state index contributed by atoms with van der Waals surface area (Å²) in [6, 6.07) is 3.30. The van der Waals surface area contributed by atoms with Gasteiger partial charge in [0.1, 0.15) is 12.1 Å². The number of carbonyl (C=O) groups is 2. The van der Waals surface area contributed by atoms with Gasteiger partial charge in [-0.15, -0.1) is 11.8 Å². The van der Waals surface area contributed by atoms with Crippen LogP contribution < -0.4 is 4.90 Å². The molecular formula is C18H24N2O3S. The number of hydrogen-bond donors (Lipinski definition) is 1. The van der Waals surface area contributed by atoms with E-state index in [1.165, 1.54) is 11.8 Å². The van der Waals surface area contributed by atoms with Gasteiger partial charge in [-0.05, 0) is 22.8 Å². The lowest BCUT2D eigenvalue weighted by Gasteiger charge is -2.29. The lowest BCUT2D eigenvalue weighted by Crippen LogP contribution is -2.39. The molecule has 0 saturated heterocycles. The van der Waals surface area contributed by atoms with Gasteiger partial charge in [-0.25, -0.2) is 4.98 Å². The number of carboxylic acids is 1. The number of hydrogen-bond acceptors (Lipinski definition) is 5. The van der Waals surface area contributed by atoms with Gasteiger partial charge >= 0.3 is 5.97 Å². The normalized spacial score (nSPS) is 12.9. The predicted octanol–water partition coefficient (Wildman–Crippen LogP) is 3.62. The quantitative estimate of drug-likeness (QED) is 0.486. The summed E-state index contributed by atoms with van der Waals surface area (Å²) in [7, 11) is 1.85. The number of aldehydes is 1. The highest BCUT2D eigenvalue weighted by Crippen LogP contribution is 2.37. The minimum atomic E-state index is -1.71. The fourth-order valence-electron chi connectivity index (χ4n) is 2.46. The zero-order valence-corrected chi connectivity index (χ0v) is 15.0. The van der Waals surface area contributed by atoms with Crippen LogP contribution in [-0.4, -0.2) is 35.9 Å². The minimum absolute atomic E-state index is 0.0111. The van der Waals surface area contributed by atoms with Crippen molar-refractivity contribution in [3.05, 3.63) is 47.4 Å². The van der Waals surface area contributed by atoms with E-state index >= 15 is 0 Å². The first-order valence-electron chi connectivity index (χ1n) is 7.74. The number of rotatable bonds is 11. The first-order chi connectivity index (χ1) is 11.4. The molecule has 5 nitrogen and oxygen atoms in total. The topological polar surface area (TPSA) is 70.5 Å². The average Bonchev–Trinajstić information content (AvgIpc) is 2.57. The van der Waals surface area contributed by atoms with Gasteiger partial charge in [0.15, 0.2) is 5.41 Å². The van der Waals surface area contributed by atoms with Crippen LogP contribution in [0.3, 0.4) is 0 Å². The number of carboxylic acid groups (broad SMARTS) is 1. The monoisotopic (exact) mass is 348 g/mol. The molecule has 0 fully saturated rings. The largest absolute Gasteiger partial charge is 0.480 e. The van der Waals surface area contributed by atoms with Crippen molar-refractivity contribution in [1.82, 2.24) is 4.98 Å². The molecular weight excluding hydrogens is 324 g/mol. The van der Waals surface area contributed by atoms with E-state index in [4.69, 9.17) is 0 Å². The van der Waals surface area contributed by atoms with E-state index < -0.39 is 11.4 Å². The van der Waals surface area contributed by atoms with E-state index in [0.29, 0.717) is 22.6 Å². The number of nitrogens with zero attached hydrogens (tertiary/aromatic N) is 2. The average molecular weight is 348 g/mol. The van der Waals surface area contributed by atoms with Crippen LogP contribution in [0.5, 0.6) is 0 Å². The van der Waals surface area contributed by atoms with Crippen LogP contribution in [0.4, 0.5) is 5.82 Å². The van der Waals surface area contributed by atoms with Crippen LogP contribution in [0, 0.1) is 0 Å². The maximum Gasteiger partial charge on any atom is 0.321 e. The molecule has 0 saturated carbocycles. The summed E-state index contributed by atoms with van der Waals surface area (Å²) in [5, 5.41) is 11.4. The van der Waals surface area contributed by atoms with Gasteiger partial charge in [-0.1, -0.05) is 32.6 Å². The molecule has 1 N–H and O–H groups in total. The molecule has 1 heterocycles. The first kappa shape index (κ1) is 20.0. The Kier molecular flexibility index (Phi) is 7.71. The summed E-state index contributed by atoms with van der Waals surface area (Å²) in [6.07, 6.45) is 4.04. The molecule has 24 heavy (non-hydrogen) atoms. The summed E-state index contributed by atoms with van der Waals surface area (Å²) in [5.41, 5.74) is -1.33. The smallest absolute Gasteiger partial charge is 0.321 e. The van der Waals surface area contributed by atoms with Crippen molar-refractivity contribution in [3.63, 3.8) is 0 Å². The van der Waals surface area contributed by atoms with Crippen molar-refractivity contribution >= 4 is 29.8 Å². The van der Waals surface area contributed by atoms with Crippen molar-refractivity contribution in [1.29, 1.82) is 0 Å². The summed E-state index contributed by atoms with van der Waals surface area (Å²) in [6.45, 7) is 10.3. The first-order valence-corrected chi connectivity index (χ1v) is 8.62. The molecule has 0 aromatic carbocycles. The number of aromatic nitrogens is 1. The molecule has 0 spiro atoms. The van der Waals surface area contributed by atoms with Crippen molar-refractivity contribution in [2.75, 3.05) is 18.5 Å². The fraction of sp³-hybridized carbons (Fsp3) is 0.389. The zero-order chi connectivity index (χ0) is 18.2. The van der Waals surface area contributed by atoms with E-state index in [2.05, 4.69) is 25.1 Å². The second-order valence-electron chi connectivity index (χ2n) is 5.54. The standard InChI is InChI=1S/C18H24N2O3S/c1-5-7-11-20(4)16-15(9-8-10-19-16)18(13-21,17(22)23)12-14(3)24-6-2/h6,8-10,13H,2-3,5,7,11-12H2,1,4H3,(H,22,23). The minimum Gasteiger partial charge on any atom is -0.480 e. The van der Waals surface area contributed by atoms with E-state index in [1.54, 1.807) is 23.7 Å². The summed E-state index contributed by atoms with van der Waals surface area (Å²) in [5.74, 6) is -0.696. The summed E-state index contributed by atoms with van der Waals surface area (Å²) in [4.78, 5) is 30.7. The number of unbranched alkanes of at least 4 members (excludes halogenated alkanes) is 1. The molecule has 0 aliphatic rings. The lowest BCUT2D eigenvalue weighted by molar-refractivity contribution is -0.145. The Morgan fingerprint density at radius 3 is 2.79 bits per heavy atom. The molecule has 0 radical (unpaired) electrons. The molecule has 1 aromatic heterocycles. The Hall–Kier alpha value is -2.08. The molecule has 1 aromatic rings. The maximum atomic E-state index is 12.0. The Morgan fingerprint density at radius 2 is 2.25 bits per heavy atom. The number of pyridine rings is 1. The van der Waals surface area contributed by atoms with E-state index in [1.807, 2.05) is 11.9 Å². The summed E-state index contributed by atoms with van der Waals surface area (Å²) < 4.78 is 0. The van der Waals surface area contributed by atoms with Gasteiger partial charge in [-0.2, -0.15) is 0 Å². The lowest BCUT2D eigenvalue weighted by atomic mass is 9.78. The number of thioether (sulfide) groups is 1. The fourth-order valence-corrected chi connectivity index (χ4v) is 3.01. The molecule has 0 aliphatic carbocycles. The third-order valence-corrected chi connectivity index (χ3v) is 4.43. The van der Waals surface area contributed by atoms with Crippen LogP contribution in [0.1, 0.15) is 31.7 Å². The second-order valence-corrected chi connectivity index (χ2v) is 6.69. The molecule has 130 valence electrons. The number of allylic oxidation sites excluding steroid dienone is 1. The Balaban J connectivity index is 3.38. The van der Waals surface area contributed by atoms with Crippen molar-refractivity contribution in [2.24, 2.45) is 0 Å². The maximum absolute atomic E-state index is 12.0. The van der Waals surface area contributed by atoms with Crippen LogP contribution >= 0.6 is 11.8 Å². The van der Waals surface area contributed by atoms with Crippen LogP contribution in [-0.2, 0) is 15.0 Å². The molecule has 0 bridgehead atoms. The number of carbonyl (C=O) groups excluding carboxylic acids is 1. The highest BCUT2D eigenvalue weighted by molar-refractivity contribution is 8.05. The van der Waals surface area contributed by atoms with Crippen molar-refractivity contribution in [2.45, 2.75) is 31.6 Å². The molecule has 6 heteroatoms. The van der Waals surface area contributed by atoms with Crippen LogP contribution in [0.2, 0.25) is 0 Å². The van der Waals surface area contributed by atoms with E-state index in [9.17, 15) is 14.7 Å². The third kappa shape index (κ3) is 4.47. The highest BCUT2D eigenvalue weighted by Gasteiger charge is 2.43. The van der Waals surface area contributed by atoms with E-state index in [-0.39, 0.29) is 6.42 Å². The van der Waals surface area contributed by atoms with Crippen molar-refractivity contribution < 1.29 is 14.7 Å². The molecule has 1 atom stereocenters. The van der Waals surface area contributed by atoms with Gasteiger partial charge in [-0.3, -0.25) is 4.79 Å². The van der Waals surface area contributed by atoms with Gasteiger partial charge in [0, 0.05) is 31.8 Å². The van der Waals surface area contributed by atoms with Crippen LogP contribution in [0.15, 0.2) is 41.8 Å². The summed E-state index contributed by atoms with van der Waals surface area (Å²) >= 11 is 1.23.